The number of nitrogens with one attached hydrogen (secondary N) is 1. The van der Waals surface area contributed by atoms with Crippen LogP contribution in [0.3, 0.4) is 0 Å². The van der Waals surface area contributed by atoms with Gasteiger partial charge in [-0.3, -0.25) is 9.69 Å². The molecule has 1 N–H and O–H groups in total. The van der Waals surface area contributed by atoms with Gasteiger partial charge < -0.3 is 14.8 Å². The first-order valence-electron chi connectivity index (χ1n) is 9.25. The van der Waals surface area contributed by atoms with Crippen LogP contribution in [0.5, 0.6) is 11.5 Å². The van der Waals surface area contributed by atoms with Gasteiger partial charge in [0.05, 0.1) is 18.8 Å². The molecule has 1 amide bonds. The highest BCUT2D eigenvalue weighted by Gasteiger charge is 2.26. The first kappa shape index (κ1) is 21.8. The summed E-state index contributed by atoms with van der Waals surface area (Å²) in [5.74, 6) is -7.90. The van der Waals surface area contributed by atoms with Gasteiger partial charge in [-0.05, 0) is 24.3 Å². The van der Waals surface area contributed by atoms with Crippen molar-refractivity contribution in [3.05, 3.63) is 59.2 Å². The number of carbonyl (C=O) groups is 1. The Hall–Kier alpha value is -2.91. The Kier molecular flexibility index (Phi) is 7.07. The molecule has 0 unspecified atom stereocenters. The minimum Gasteiger partial charge on any atom is -0.451 e. The molecule has 1 saturated heterocycles. The molecular formula is C21H20F4N2O3. The van der Waals surface area contributed by atoms with Crippen molar-refractivity contribution in [3.8, 4) is 11.5 Å². The SMILES string of the molecule is CC(=O)Nc1ccc(Oc2c(F)c(F)c(/C=C/CN3CCOCC3)c(F)c2F)cc1. The van der Waals surface area contributed by atoms with Gasteiger partial charge in [0, 0.05) is 32.2 Å². The standard InChI is InChI=1S/C21H20F4N2O3/c1-13(28)26-14-4-6-15(7-5-14)30-21-19(24)17(22)16(18(23)20(21)25)3-2-8-27-9-11-29-12-10-27/h2-7H,8-12H2,1H3,(H,26,28)/b3-2+. The molecule has 1 aliphatic rings. The number of ether oxygens (including phenoxy) is 2. The van der Waals surface area contributed by atoms with Crippen LogP contribution in [0.25, 0.3) is 6.08 Å². The Bertz CT molecular complexity index is 913. The number of benzene rings is 2. The van der Waals surface area contributed by atoms with Gasteiger partial charge in [-0.25, -0.2) is 8.78 Å². The summed E-state index contributed by atoms with van der Waals surface area (Å²) in [5, 5.41) is 2.51. The molecule has 1 heterocycles. The summed E-state index contributed by atoms with van der Waals surface area (Å²) in [5.41, 5.74) is -0.388. The number of rotatable bonds is 6. The van der Waals surface area contributed by atoms with E-state index in [4.69, 9.17) is 9.47 Å². The van der Waals surface area contributed by atoms with Crippen molar-refractivity contribution in [2.24, 2.45) is 0 Å². The van der Waals surface area contributed by atoms with E-state index in [1.807, 2.05) is 4.90 Å². The molecule has 0 spiro atoms. The molecule has 1 fully saturated rings. The number of nitrogens with zero attached hydrogens (tertiary/aromatic N) is 1. The molecule has 0 radical (unpaired) electrons. The maximum atomic E-state index is 14.4. The minimum absolute atomic E-state index is 0.0590. The lowest BCUT2D eigenvalue weighted by Crippen LogP contribution is -2.36. The van der Waals surface area contributed by atoms with E-state index in [9.17, 15) is 22.4 Å². The van der Waals surface area contributed by atoms with E-state index in [1.54, 1.807) is 0 Å². The van der Waals surface area contributed by atoms with E-state index in [0.717, 1.165) is 6.08 Å². The van der Waals surface area contributed by atoms with Crippen molar-refractivity contribution < 1.29 is 31.8 Å². The van der Waals surface area contributed by atoms with Crippen molar-refractivity contribution in [2.45, 2.75) is 6.92 Å². The van der Waals surface area contributed by atoms with Gasteiger partial charge in [-0.1, -0.05) is 12.2 Å². The molecule has 0 atom stereocenters. The largest absolute Gasteiger partial charge is 0.451 e. The molecule has 9 heteroatoms. The highest BCUT2D eigenvalue weighted by Crippen LogP contribution is 2.34. The fraction of sp³-hybridized carbons (Fsp3) is 0.286. The van der Waals surface area contributed by atoms with Crippen LogP contribution < -0.4 is 10.1 Å². The van der Waals surface area contributed by atoms with Gasteiger partial charge in [0.15, 0.2) is 11.6 Å². The first-order chi connectivity index (χ1) is 14.4. The number of carbonyl (C=O) groups excluding carboxylic acids is 1. The van der Waals surface area contributed by atoms with Crippen molar-refractivity contribution in [2.75, 3.05) is 38.2 Å². The summed E-state index contributed by atoms with van der Waals surface area (Å²) < 4.78 is 67.8. The second-order valence-corrected chi connectivity index (χ2v) is 6.62. The monoisotopic (exact) mass is 424 g/mol. The third-order valence-electron chi connectivity index (χ3n) is 4.40. The third kappa shape index (κ3) is 5.17. The Balaban J connectivity index is 1.79. The molecular weight excluding hydrogens is 404 g/mol. The smallest absolute Gasteiger partial charge is 0.221 e. The highest BCUT2D eigenvalue weighted by molar-refractivity contribution is 5.88. The molecule has 0 bridgehead atoms. The minimum atomic E-state index is -1.63. The second-order valence-electron chi connectivity index (χ2n) is 6.62. The Labute approximate surface area is 170 Å². The number of hydrogen-bond donors (Lipinski definition) is 1. The van der Waals surface area contributed by atoms with Gasteiger partial charge in [-0.2, -0.15) is 8.78 Å². The maximum absolute atomic E-state index is 14.4. The summed E-state index contributed by atoms with van der Waals surface area (Å²) in [6, 6.07) is 5.44. The van der Waals surface area contributed by atoms with E-state index in [2.05, 4.69) is 5.32 Å². The molecule has 5 nitrogen and oxygen atoms in total. The lowest BCUT2D eigenvalue weighted by Gasteiger charge is -2.25. The van der Waals surface area contributed by atoms with E-state index >= 15 is 0 Å². The van der Waals surface area contributed by atoms with Crippen LogP contribution >= 0.6 is 0 Å². The average Bonchev–Trinajstić information content (AvgIpc) is 2.74. The average molecular weight is 424 g/mol. The number of morpholine rings is 1. The third-order valence-corrected chi connectivity index (χ3v) is 4.40. The van der Waals surface area contributed by atoms with Gasteiger partial charge in [0.25, 0.3) is 0 Å². The Morgan fingerprint density at radius 3 is 2.23 bits per heavy atom. The quantitative estimate of drug-likeness (QED) is 0.554. The van der Waals surface area contributed by atoms with Crippen molar-refractivity contribution in [3.63, 3.8) is 0 Å². The van der Waals surface area contributed by atoms with Crippen molar-refractivity contribution in [1.82, 2.24) is 4.90 Å². The van der Waals surface area contributed by atoms with Gasteiger partial charge in [-0.15, -0.1) is 0 Å². The molecule has 1 aliphatic heterocycles. The topological polar surface area (TPSA) is 50.8 Å². The number of halogens is 4. The fourth-order valence-corrected chi connectivity index (χ4v) is 2.90. The molecule has 3 rings (SSSR count). The fourth-order valence-electron chi connectivity index (χ4n) is 2.90. The molecule has 0 aromatic heterocycles. The summed E-state index contributed by atoms with van der Waals surface area (Å²) in [6.07, 6.45) is 2.45. The van der Waals surface area contributed by atoms with Crippen LogP contribution in [-0.4, -0.2) is 43.7 Å². The zero-order valence-electron chi connectivity index (χ0n) is 16.2. The Morgan fingerprint density at radius 2 is 1.67 bits per heavy atom. The van der Waals surface area contributed by atoms with Crippen LogP contribution in [-0.2, 0) is 9.53 Å². The second kappa shape index (κ2) is 9.73. The molecule has 30 heavy (non-hydrogen) atoms. The van der Waals surface area contributed by atoms with Gasteiger partial charge in [0.2, 0.25) is 23.3 Å². The lowest BCUT2D eigenvalue weighted by molar-refractivity contribution is -0.114. The maximum Gasteiger partial charge on any atom is 0.221 e. The molecule has 2 aromatic carbocycles. The predicted molar refractivity (Wildman–Crippen MR) is 103 cm³/mol. The molecule has 0 saturated carbocycles. The molecule has 0 aliphatic carbocycles. The zero-order chi connectivity index (χ0) is 21.7. The number of hydrogen-bond acceptors (Lipinski definition) is 4. The highest BCUT2D eigenvalue weighted by atomic mass is 19.2. The van der Waals surface area contributed by atoms with Crippen molar-refractivity contribution >= 4 is 17.7 Å². The number of anilines is 1. The summed E-state index contributed by atoms with van der Waals surface area (Å²) in [6.45, 7) is 4.11. The summed E-state index contributed by atoms with van der Waals surface area (Å²) >= 11 is 0. The van der Waals surface area contributed by atoms with Crippen LogP contribution in [0.4, 0.5) is 23.2 Å². The van der Waals surface area contributed by atoms with Crippen LogP contribution in [0.15, 0.2) is 30.3 Å². The van der Waals surface area contributed by atoms with Crippen LogP contribution in [0.2, 0.25) is 0 Å². The van der Waals surface area contributed by atoms with E-state index in [1.165, 1.54) is 37.3 Å². The summed E-state index contributed by atoms with van der Waals surface area (Å²) in [7, 11) is 0. The van der Waals surface area contributed by atoms with Crippen LogP contribution in [0.1, 0.15) is 12.5 Å². The zero-order valence-corrected chi connectivity index (χ0v) is 16.2. The Morgan fingerprint density at radius 1 is 1.07 bits per heavy atom. The van der Waals surface area contributed by atoms with E-state index < -0.39 is 34.6 Å². The van der Waals surface area contributed by atoms with Gasteiger partial charge in [0.1, 0.15) is 5.75 Å². The predicted octanol–water partition coefficient (Wildman–Crippen LogP) is 4.34. The van der Waals surface area contributed by atoms with Crippen LogP contribution in [0, 0.1) is 23.3 Å². The first-order valence-corrected chi connectivity index (χ1v) is 9.25. The van der Waals surface area contributed by atoms with E-state index in [0.29, 0.717) is 38.5 Å². The number of amides is 1. The van der Waals surface area contributed by atoms with E-state index in [-0.39, 0.29) is 11.7 Å². The van der Waals surface area contributed by atoms with Gasteiger partial charge >= 0.3 is 0 Å². The molecule has 2 aromatic rings. The summed E-state index contributed by atoms with van der Waals surface area (Å²) in [4.78, 5) is 13.0. The lowest BCUT2D eigenvalue weighted by atomic mass is 10.1. The van der Waals surface area contributed by atoms with Crippen molar-refractivity contribution in [1.29, 1.82) is 0 Å². The molecule has 160 valence electrons. The normalized spacial score (nSPS) is 14.8.